The lowest BCUT2D eigenvalue weighted by molar-refractivity contribution is 0.475. The largest absolute Gasteiger partial charge is 0.508 e. The molecule has 0 saturated carbocycles. The predicted molar refractivity (Wildman–Crippen MR) is 83.4 cm³/mol. The van der Waals surface area contributed by atoms with Crippen LogP contribution in [0.25, 0.3) is 27.5 Å². The molecule has 0 fully saturated rings. The molecule has 0 unspecified atom stereocenters. The van der Waals surface area contributed by atoms with E-state index in [1.54, 1.807) is 29.7 Å². The second-order valence-corrected chi connectivity index (χ2v) is 5.62. The summed E-state index contributed by atoms with van der Waals surface area (Å²) in [5, 5.41) is 11.4. The van der Waals surface area contributed by atoms with E-state index in [0.717, 1.165) is 22.6 Å². The highest BCUT2D eigenvalue weighted by Gasteiger charge is 2.09. The van der Waals surface area contributed by atoms with Crippen LogP contribution < -0.4 is 0 Å². The standard InChI is InChI=1S/C16H11N3OS/c20-12-5-3-11(4-6-12)13-10-19-14(15-2-1-7-21-15)8-18-16(19)9-17-13/h1-10,20H. The third kappa shape index (κ3) is 2.08. The lowest BCUT2D eigenvalue weighted by atomic mass is 10.1. The highest BCUT2D eigenvalue weighted by atomic mass is 32.1. The van der Waals surface area contributed by atoms with Gasteiger partial charge < -0.3 is 5.11 Å². The zero-order valence-corrected chi connectivity index (χ0v) is 11.8. The summed E-state index contributed by atoms with van der Waals surface area (Å²) in [6.07, 6.45) is 5.60. The van der Waals surface area contributed by atoms with Gasteiger partial charge in [-0.05, 0) is 35.7 Å². The van der Waals surface area contributed by atoms with Gasteiger partial charge in [-0.1, -0.05) is 6.07 Å². The van der Waals surface area contributed by atoms with Crippen molar-refractivity contribution in [2.24, 2.45) is 0 Å². The van der Waals surface area contributed by atoms with E-state index >= 15 is 0 Å². The number of hydrogen-bond donors (Lipinski definition) is 1. The van der Waals surface area contributed by atoms with Gasteiger partial charge >= 0.3 is 0 Å². The molecule has 0 atom stereocenters. The van der Waals surface area contributed by atoms with E-state index in [0.29, 0.717) is 0 Å². The molecule has 4 nitrogen and oxygen atoms in total. The van der Waals surface area contributed by atoms with Crippen molar-refractivity contribution in [2.75, 3.05) is 0 Å². The topological polar surface area (TPSA) is 50.4 Å². The van der Waals surface area contributed by atoms with Crippen LogP contribution in [0, 0.1) is 0 Å². The molecule has 0 radical (unpaired) electrons. The van der Waals surface area contributed by atoms with Gasteiger partial charge in [-0.25, -0.2) is 4.98 Å². The van der Waals surface area contributed by atoms with E-state index in [4.69, 9.17) is 0 Å². The molecule has 1 aromatic carbocycles. The van der Waals surface area contributed by atoms with Crippen molar-refractivity contribution in [3.05, 3.63) is 60.4 Å². The van der Waals surface area contributed by atoms with Gasteiger partial charge in [-0.2, -0.15) is 0 Å². The molecule has 5 heteroatoms. The van der Waals surface area contributed by atoms with Gasteiger partial charge in [-0.3, -0.25) is 9.38 Å². The average Bonchev–Trinajstić information content (AvgIpc) is 3.16. The molecule has 4 aromatic rings. The lowest BCUT2D eigenvalue weighted by Crippen LogP contribution is -1.92. The maximum absolute atomic E-state index is 9.38. The zero-order valence-electron chi connectivity index (χ0n) is 11.0. The van der Waals surface area contributed by atoms with E-state index in [-0.39, 0.29) is 5.75 Å². The third-order valence-corrected chi connectivity index (χ3v) is 4.23. The van der Waals surface area contributed by atoms with E-state index in [1.165, 1.54) is 4.88 Å². The molecule has 0 spiro atoms. The summed E-state index contributed by atoms with van der Waals surface area (Å²) in [6.45, 7) is 0. The minimum Gasteiger partial charge on any atom is -0.508 e. The van der Waals surface area contributed by atoms with Crippen LogP contribution in [0.3, 0.4) is 0 Å². The van der Waals surface area contributed by atoms with Crippen molar-refractivity contribution in [2.45, 2.75) is 0 Å². The first-order valence-electron chi connectivity index (χ1n) is 6.48. The van der Waals surface area contributed by atoms with Crippen LogP contribution in [0.5, 0.6) is 5.75 Å². The van der Waals surface area contributed by atoms with E-state index < -0.39 is 0 Å². The van der Waals surface area contributed by atoms with Crippen molar-refractivity contribution in [1.29, 1.82) is 0 Å². The summed E-state index contributed by atoms with van der Waals surface area (Å²) in [6, 6.07) is 11.1. The minimum absolute atomic E-state index is 0.252. The Morgan fingerprint density at radius 1 is 1.00 bits per heavy atom. The van der Waals surface area contributed by atoms with E-state index in [9.17, 15) is 5.11 Å². The Morgan fingerprint density at radius 3 is 2.62 bits per heavy atom. The molecule has 0 amide bonds. The molecule has 4 rings (SSSR count). The molecular weight excluding hydrogens is 282 g/mol. The van der Waals surface area contributed by atoms with Gasteiger partial charge in [0.2, 0.25) is 0 Å². The highest BCUT2D eigenvalue weighted by Crippen LogP contribution is 2.27. The number of phenols is 1. The number of imidazole rings is 1. The fourth-order valence-corrected chi connectivity index (χ4v) is 3.01. The third-order valence-electron chi connectivity index (χ3n) is 3.33. The fraction of sp³-hybridized carbons (Fsp3) is 0. The van der Waals surface area contributed by atoms with Crippen LogP contribution in [-0.4, -0.2) is 19.5 Å². The van der Waals surface area contributed by atoms with Crippen LogP contribution in [0.1, 0.15) is 0 Å². The molecule has 0 bridgehead atoms. The van der Waals surface area contributed by atoms with Gasteiger partial charge in [0.05, 0.1) is 28.7 Å². The molecule has 0 aliphatic rings. The van der Waals surface area contributed by atoms with E-state index in [2.05, 4.69) is 21.4 Å². The summed E-state index contributed by atoms with van der Waals surface area (Å²) in [5.41, 5.74) is 3.68. The monoisotopic (exact) mass is 293 g/mol. The van der Waals surface area contributed by atoms with Crippen molar-refractivity contribution >= 4 is 17.0 Å². The molecular formula is C16H11N3OS. The highest BCUT2D eigenvalue weighted by molar-refractivity contribution is 7.13. The summed E-state index contributed by atoms with van der Waals surface area (Å²) in [5.74, 6) is 0.252. The second kappa shape index (κ2) is 4.71. The number of benzene rings is 1. The quantitative estimate of drug-likeness (QED) is 0.611. The number of hydrogen-bond acceptors (Lipinski definition) is 4. The number of thiophene rings is 1. The number of fused-ring (bicyclic) bond motifs is 1. The average molecular weight is 293 g/mol. The Kier molecular flexibility index (Phi) is 2.72. The summed E-state index contributed by atoms with van der Waals surface area (Å²) < 4.78 is 2.04. The summed E-state index contributed by atoms with van der Waals surface area (Å²) in [4.78, 5) is 10.0. The first-order valence-corrected chi connectivity index (χ1v) is 7.35. The van der Waals surface area contributed by atoms with Crippen LogP contribution >= 0.6 is 11.3 Å². The van der Waals surface area contributed by atoms with Crippen molar-refractivity contribution in [1.82, 2.24) is 14.4 Å². The van der Waals surface area contributed by atoms with Gasteiger partial charge in [0.25, 0.3) is 0 Å². The maximum atomic E-state index is 9.38. The number of phenolic OH excluding ortho intramolecular Hbond substituents is 1. The van der Waals surface area contributed by atoms with Crippen LogP contribution in [0.4, 0.5) is 0 Å². The van der Waals surface area contributed by atoms with Gasteiger partial charge in [0.15, 0.2) is 5.65 Å². The zero-order chi connectivity index (χ0) is 14.2. The normalized spacial score (nSPS) is 11.0. The Bertz CT molecular complexity index is 895. The molecule has 3 aromatic heterocycles. The van der Waals surface area contributed by atoms with Crippen molar-refractivity contribution in [3.8, 4) is 27.6 Å². The van der Waals surface area contributed by atoms with E-state index in [1.807, 2.05) is 35.0 Å². The van der Waals surface area contributed by atoms with Crippen LogP contribution in [0.2, 0.25) is 0 Å². The second-order valence-electron chi connectivity index (χ2n) is 4.67. The summed E-state index contributed by atoms with van der Waals surface area (Å²) in [7, 11) is 0. The Morgan fingerprint density at radius 2 is 1.86 bits per heavy atom. The number of aromatic hydroxyl groups is 1. The lowest BCUT2D eigenvalue weighted by Gasteiger charge is -2.04. The first-order chi connectivity index (χ1) is 10.3. The number of rotatable bonds is 2. The van der Waals surface area contributed by atoms with Gasteiger partial charge in [-0.15, -0.1) is 11.3 Å². The summed E-state index contributed by atoms with van der Waals surface area (Å²) >= 11 is 1.68. The SMILES string of the molecule is Oc1ccc(-c2cn3c(-c4cccs4)cnc3cn2)cc1. The molecule has 1 N–H and O–H groups in total. The fourth-order valence-electron chi connectivity index (χ4n) is 2.28. The first kappa shape index (κ1) is 12.1. The minimum atomic E-state index is 0.252. The van der Waals surface area contributed by atoms with Crippen LogP contribution in [-0.2, 0) is 0 Å². The predicted octanol–water partition coefficient (Wildman–Crippen LogP) is 3.83. The molecule has 21 heavy (non-hydrogen) atoms. The molecule has 0 aliphatic heterocycles. The molecule has 102 valence electrons. The number of nitrogens with zero attached hydrogens (tertiary/aromatic N) is 3. The Hall–Kier alpha value is -2.66. The van der Waals surface area contributed by atoms with Gasteiger partial charge in [0, 0.05) is 11.8 Å². The smallest absolute Gasteiger partial charge is 0.155 e. The number of aromatic nitrogens is 3. The molecule has 0 aliphatic carbocycles. The maximum Gasteiger partial charge on any atom is 0.155 e. The van der Waals surface area contributed by atoms with Crippen LogP contribution in [0.15, 0.2) is 60.4 Å². The van der Waals surface area contributed by atoms with Crippen molar-refractivity contribution < 1.29 is 5.11 Å². The molecule has 0 saturated heterocycles. The van der Waals surface area contributed by atoms with Gasteiger partial charge in [0.1, 0.15) is 5.75 Å². The van der Waals surface area contributed by atoms with Crippen molar-refractivity contribution in [3.63, 3.8) is 0 Å². The Labute approximate surface area is 125 Å². The Balaban J connectivity index is 1.89. The molecule has 3 heterocycles.